The number of carboxylic acids is 1. The maximum atomic E-state index is 11.4. The van der Waals surface area contributed by atoms with Crippen LogP contribution in [0.5, 0.6) is 0 Å². The van der Waals surface area contributed by atoms with Gasteiger partial charge in [-0.1, -0.05) is 0 Å². The molecule has 2 rings (SSSR count). The quantitative estimate of drug-likeness (QED) is 0.731. The molecule has 0 amide bonds. The van der Waals surface area contributed by atoms with Gasteiger partial charge in [-0.15, -0.1) is 0 Å². The van der Waals surface area contributed by atoms with E-state index in [9.17, 15) is 9.90 Å². The number of rotatable bonds is 6. The predicted molar refractivity (Wildman–Crippen MR) is 68.4 cm³/mol. The molecule has 0 aromatic heterocycles. The molecule has 1 aliphatic heterocycles. The van der Waals surface area contributed by atoms with Crippen molar-refractivity contribution >= 4 is 5.97 Å². The van der Waals surface area contributed by atoms with Gasteiger partial charge in [0.1, 0.15) is 5.54 Å². The minimum absolute atomic E-state index is 0.166. The number of nitrogens with two attached hydrogens (primary N) is 1. The van der Waals surface area contributed by atoms with E-state index in [1.807, 2.05) is 6.92 Å². The first kappa shape index (κ1) is 13.8. The van der Waals surface area contributed by atoms with Crippen LogP contribution < -0.4 is 5.73 Å². The smallest absolute Gasteiger partial charge is 0.325 e. The molecule has 18 heavy (non-hydrogen) atoms. The summed E-state index contributed by atoms with van der Waals surface area (Å²) in [7, 11) is 0. The number of carbonyl (C=O) groups is 1. The molecule has 0 bridgehead atoms. The normalized spacial score (nSPS) is 25.9. The van der Waals surface area contributed by atoms with Crippen LogP contribution in [0.2, 0.25) is 0 Å². The summed E-state index contributed by atoms with van der Waals surface area (Å²) < 4.78 is 5.59. The Balaban J connectivity index is 1.84. The van der Waals surface area contributed by atoms with E-state index in [0.717, 1.165) is 45.4 Å². The van der Waals surface area contributed by atoms with Gasteiger partial charge in [-0.2, -0.15) is 0 Å². The third-order valence-corrected chi connectivity index (χ3v) is 4.13. The van der Waals surface area contributed by atoms with Gasteiger partial charge in [0.05, 0.1) is 6.10 Å². The molecule has 0 aromatic carbocycles. The highest BCUT2D eigenvalue weighted by atomic mass is 16.5. The van der Waals surface area contributed by atoms with Crippen molar-refractivity contribution in [3.63, 3.8) is 0 Å². The number of hydrogen-bond acceptors (Lipinski definition) is 4. The fraction of sp³-hybridized carbons (Fsp3) is 0.923. The largest absolute Gasteiger partial charge is 0.480 e. The van der Waals surface area contributed by atoms with Gasteiger partial charge in [0, 0.05) is 26.2 Å². The van der Waals surface area contributed by atoms with E-state index >= 15 is 0 Å². The third-order valence-electron chi connectivity index (χ3n) is 4.13. The molecule has 1 unspecified atom stereocenters. The van der Waals surface area contributed by atoms with Crippen LogP contribution in [0.25, 0.3) is 0 Å². The summed E-state index contributed by atoms with van der Waals surface area (Å²) in [6, 6.07) is 0. The van der Waals surface area contributed by atoms with Crippen molar-refractivity contribution in [2.75, 3.05) is 26.2 Å². The Morgan fingerprint density at radius 3 is 2.44 bits per heavy atom. The van der Waals surface area contributed by atoms with Crippen LogP contribution >= 0.6 is 0 Å². The number of likely N-dealkylation sites (tertiary alicyclic amines) is 1. The Morgan fingerprint density at radius 2 is 2.00 bits per heavy atom. The Kier molecular flexibility index (Phi) is 4.25. The highest BCUT2D eigenvalue weighted by Crippen LogP contribution is 2.39. The van der Waals surface area contributed by atoms with Crippen molar-refractivity contribution in [2.45, 2.75) is 44.2 Å². The number of ether oxygens (including phenoxy) is 1. The van der Waals surface area contributed by atoms with E-state index in [4.69, 9.17) is 10.5 Å². The molecule has 1 saturated carbocycles. The van der Waals surface area contributed by atoms with Gasteiger partial charge in [0.15, 0.2) is 0 Å². The first-order valence-corrected chi connectivity index (χ1v) is 6.92. The molecule has 1 saturated heterocycles. The molecule has 1 heterocycles. The van der Waals surface area contributed by atoms with Gasteiger partial charge in [-0.05, 0) is 38.5 Å². The summed E-state index contributed by atoms with van der Waals surface area (Å²) in [5, 5.41) is 9.33. The number of carboxylic acid groups (broad SMARTS) is 1. The Bertz CT molecular complexity index is 299. The molecule has 2 aliphatic rings. The molecule has 104 valence electrons. The first-order valence-electron chi connectivity index (χ1n) is 6.92. The van der Waals surface area contributed by atoms with E-state index in [2.05, 4.69) is 4.90 Å². The Morgan fingerprint density at radius 1 is 1.39 bits per heavy atom. The van der Waals surface area contributed by atoms with Crippen LogP contribution in [0.4, 0.5) is 0 Å². The standard InChI is InChI=1S/C13H24N2O3/c1-2-18-11-5-7-15(8-6-11)9-13(14,12(16)17)10-3-4-10/h10-11H,2-9,14H2,1H3,(H,16,17). The zero-order chi connectivity index (χ0) is 13.2. The van der Waals surface area contributed by atoms with E-state index in [-0.39, 0.29) is 5.92 Å². The third kappa shape index (κ3) is 3.02. The lowest BCUT2D eigenvalue weighted by atomic mass is 9.92. The molecule has 1 aliphatic carbocycles. The maximum absolute atomic E-state index is 11.4. The number of aliphatic carboxylic acids is 1. The summed E-state index contributed by atoms with van der Waals surface area (Å²) in [6.07, 6.45) is 4.21. The minimum Gasteiger partial charge on any atom is -0.480 e. The van der Waals surface area contributed by atoms with Crippen LogP contribution in [0, 0.1) is 5.92 Å². The minimum atomic E-state index is -1.04. The average Bonchev–Trinajstić information content (AvgIpc) is 3.16. The van der Waals surface area contributed by atoms with Gasteiger partial charge >= 0.3 is 5.97 Å². The Hall–Kier alpha value is -0.650. The monoisotopic (exact) mass is 256 g/mol. The summed E-state index contributed by atoms with van der Waals surface area (Å²) in [5.41, 5.74) is 5.05. The summed E-state index contributed by atoms with van der Waals surface area (Å²) in [5.74, 6) is -0.684. The number of piperidine rings is 1. The Labute approximate surface area is 108 Å². The fourth-order valence-electron chi connectivity index (χ4n) is 2.81. The van der Waals surface area contributed by atoms with Crippen molar-refractivity contribution in [2.24, 2.45) is 11.7 Å². The summed E-state index contributed by atoms with van der Waals surface area (Å²) in [6.45, 7) is 5.02. The van der Waals surface area contributed by atoms with Crippen LogP contribution in [-0.4, -0.2) is 53.9 Å². The molecule has 0 radical (unpaired) electrons. The molecular weight excluding hydrogens is 232 g/mol. The van der Waals surface area contributed by atoms with Crippen molar-refractivity contribution in [3.8, 4) is 0 Å². The zero-order valence-electron chi connectivity index (χ0n) is 11.1. The molecular formula is C13H24N2O3. The second-order valence-corrected chi connectivity index (χ2v) is 5.55. The van der Waals surface area contributed by atoms with Gasteiger partial charge in [0.2, 0.25) is 0 Å². The van der Waals surface area contributed by atoms with Crippen LogP contribution in [0.1, 0.15) is 32.6 Å². The van der Waals surface area contributed by atoms with Gasteiger partial charge in [-0.25, -0.2) is 0 Å². The lowest BCUT2D eigenvalue weighted by Gasteiger charge is -2.36. The second-order valence-electron chi connectivity index (χ2n) is 5.55. The van der Waals surface area contributed by atoms with E-state index in [1.165, 1.54) is 0 Å². The SMILES string of the molecule is CCOC1CCN(CC(N)(C(=O)O)C2CC2)CC1. The maximum Gasteiger partial charge on any atom is 0.325 e. The van der Waals surface area contributed by atoms with Crippen LogP contribution in [0.3, 0.4) is 0 Å². The summed E-state index contributed by atoms with van der Waals surface area (Å²) >= 11 is 0. The lowest BCUT2D eigenvalue weighted by Crippen LogP contribution is -2.59. The van der Waals surface area contributed by atoms with Crippen molar-refractivity contribution in [1.29, 1.82) is 0 Å². The summed E-state index contributed by atoms with van der Waals surface area (Å²) in [4.78, 5) is 13.5. The molecule has 5 heteroatoms. The molecule has 1 atom stereocenters. The first-order chi connectivity index (χ1) is 8.56. The highest BCUT2D eigenvalue weighted by Gasteiger charge is 2.49. The van der Waals surface area contributed by atoms with Crippen molar-refractivity contribution in [1.82, 2.24) is 4.90 Å². The topological polar surface area (TPSA) is 75.8 Å². The van der Waals surface area contributed by atoms with Crippen molar-refractivity contribution in [3.05, 3.63) is 0 Å². The lowest BCUT2D eigenvalue weighted by molar-refractivity contribution is -0.145. The highest BCUT2D eigenvalue weighted by molar-refractivity contribution is 5.79. The molecule has 0 spiro atoms. The van der Waals surface area contributed by atoms with Gasteiger partial charge in [-0.3, -0.25) is 4.79 Å². The van der Waals surface area contributed by atoms with Crippen molar-refractivity contribution < 1.29 is 14.6 Å². The fourth-order valence-corrected chi connectivity index (χ4v) is 2.81. The number of nitrogens with zero attached hydrogens (tertiary/aromatic N) is 1. The van der Waals surface area contributed by atoms with Gasteiger partial charge < -0.3 is 20.5 Å². The van der Waals surface area contributed by atoms with Crippen LogP contribution in [0.15, 0.2) is 0 Å². The number of hydrogen-bond donors (Lipinski definition) is 2. The molecule has 3 N–H and O–H groups in total. The molecule has 5 nitrogen and oxygen atoms in total. The second kappa shape index (κ2) is 5.55. The van der Waals surface area contributed by atoms with E-state index < -0.39 is 11.5 Å². The van der Waals surface area contributed by atoms with Gasteiger partial charge in [0.25, 0.3) is 0 Å². The van der Waals surface area contributed by atoms with E-state index in [1.54, 1.807) is 0 Å². The van der Waals surface area contributed by atoms with Crippen LogP contribution in [-0.2, 0) is 9.53 Å². The molecule has 2 fully saturated rings. The zero-order valence-corrected chi connectivity index (χ0v) is 11.1. The average molecular weight is 256 g/mol. The molecule has 0 aromatic rings. The van der Waals surface area contributed by atoms with E-state index in [0.29, 0.717) is 12.6 Å². The predicted octanol–water partition coefficient (Wildman–Crippen LogP) is 0.679.